The molecule has 0 aliphatic carbocycles. The highest BCUT2D eigenvalue weighted by Crippen LogP contribution is 2.31. The van der Waals surface area contributed by atoms with Crippen LogP contribution in [0.2, 0.25) is 0 Å². The van der Waals surface area contributed by atoms with Crippen molar-refractivity contribution in [1.29, 1.82) is 0 Å². The van der Waals surface area contributed by atoms with Gasteiger partial charge < -0.3 is 15.2 Å². The highest BCUT2D eigenvalue weighted by molar-refractivity contribution is 5.79. The largest absolute Gasteiger partial charge is 0.340 e. The molecule has 3 aromatic rings. The van der Waals surface area contributed by atoms with Crippen molar-refractivity contribution in [3.8, 4) is 0 Å². The van der Waals surface area contributed by atoms with Crippen LogP contribution in [0, 0.1) is 13.8 Å². The molecule has 7 heteroatoms. The molecule has 2 amide bonds. The quantitative estimate of drug-likeness (QED) is 0.742. The third-order valence-corrected chi connectivity index (χ3v) is 5.36. The van der Waals surface area contributed by atoms with Crippen molar-refractivity contribution < 1.29 is 4.79 Å². The molecule has 0 radical (unpaired) electrons. The number of imidazole rings is 1. The molecule has 0 spiro atoms. The summed E-state index contributed by atoms with van der Waals surface area (Å²) in [6.07, 6.45) is 3.92. The van der Waals surface area contributed by atoms with Crippen molar-refractivity contribution in [1.82, 2.24) is 30.0 Å². The SMILES string of the molecule is CCn1cc(CNC(=O)N2CCC[C@@H]2c2nc3c(C)cccc3[nH]2)c(C)n1. The molecule has 2 N–H and O–H groups in total. The van der Waals surface area contributed by atoms with Gasteiger partial charge in [-0.15, -0.1) is 0 Å². The average molecular weight is 366 g/mol. The molecule has 1 aliphatic heterocycles. The molecular formula is C20H26N6O. The summed E-state index contributed by atoms with van der Waals surface area (Å²) in [7, 11) is 0. The van der Waals surface area contributed by atoms with Crippen LogP contribution in [0.3, 0.4) is 0 Å². The van der Waals surface area contributed by atoms with Crippen LogP contribution in [0.1, 0.15) is 48.5 Å². The van der Waals surface area contributed by atoms with Gasteiger partial charge in [-0.3, -0.25) is 4.68 Å². The van der Waals surface area contributed by atoms with Gasteiger partial charge in [-0.2, -0.15) is 5.10 Å². The second kappa shape index (κ2) is 7.06. The molecule has 142 valence electrons. The number of hydrogen-bond acceptors (Lipinski definition) is 3. The Labute approximate surface area is 158 Å². The normalized spacial score (nSPS) is 17.0. The van der Waals surface area contributed by atoms with Crippen LogP contribution in [-0.2, 0) is 13.1 Å². The molecule has 4 rings (SSSR count). The Morgan fingerprint density at radius 2 is 2.22 bits per heavy atom. The van der Waals surface area contributed by atoms with Crippen LogP contribution in [-0.4, -0.2) is 37.2 Å². The van der Waals surface area contributed by atoms with E-state index in [-0.39, 0.29) is 12.1 Å². The van der Waals surface area contributed by atoms with Crippen molar-refractivity contribution in [2.45, 2.75) is 52.7 Å². The number of urea groups is 1. The van der Waals surface area contributed by atoms with Gasteiger partial charge >= 0.3 is 6.03 Å². The molecular weight excluding hydrogens is 340 g/mol. The Morgan fingerprint density at radius 1 is 1.37 bits per heavy atom. The maximum atomic E-state index is 12.8. The summed E-state index contributed by atoms with van der Waals surface area (Å²) in [4.78, 5) is 22.9. The van der Waals surface area contributed by atoms with Gasteiger partial charge in [-0.25, -0.2) is 9.78 Å². The van der Waals surface area contributed by atoms with Gasteiger partial charge in [0.2, 0.25) is 0 Å². The topological polar surface area (TPSA) is 78.8 Å². The molecule has 0 bridgehead atoms. The summed E-state index contributed by atoms with van der Waals surface area (Å²) in [5.41, 5.74) is 5.18. The lowest BCUT2D eigenvalue weighted by Crippen LogP contribution is -2.39. The van der Waals surface area contributed by atoms with E-state index in [0.29, 0.717) is 6.54 Å². The molecule has 0 unspecified atom stereocenters. The number of likely N-dealkylation sites (tertiary alicyclic amines) is 1. The number of aromatic amines is 1. The van der Waals surface area contributed by atoms with Crippen LogP contribution < -0.4 is 5.32 Å². The number of carbonyl (C=O) groups is 1. The predicted octanol–water partition coefficient (Wildman–Crippen LogP) is 3.44. The fraction of sp³-hybridized carbons (Fsp3) is 0.450. The summed E-state index contributed by atoms with van der Waals surface area (Å²) in [5, 5.41) is 7.49. The molecule has 1 aromatic carbocycles. The van der Waals surface area contributed by atoms with Gasteiger partial charge in [-0.1, -0.05) is 12.1 Å². The highest BCUT2D eigenvalue weighted by Gasteiger charge is 2.32. The Bertz CT molecular complexity index is 972. The lowest BCUT2D eigenvalue weighted by molar-refractivity contribution is 0.191. The van der Waals surface area contributed by atoms with E-state index in [9.17, 15) is 4.79 Å². The summed E-state index contributed by atoms with van der Waals surface area (Å²) in [5.74, 6) is 0.877. The van der Waals surface area contributed by atoms with E-state index in [1.807, 2.05) is 34.8 Å². The molecule has 27 heavy (non-hydrogen) atoms. The molecule has 7 nitrogen and oxygen atoms in total. The van der Waals surface area contributed by atoms with Crippen molar-refractivity contribution >= 4 is 17.1 Å². The van der Waals surface area contributed by atoms with Gasteiger partial charge in [0.1, 0.15) is 5.82 Å². The molecule has 2 aromatic heterocycles. The number of nitrogens with zero attached hydrogens (tertiary/aromatic N) is 4. The lowest BCUT2D eigenvalue weighted by Gasteiger charge is -2.23. The predicted molar refractivity (Wildman–Crippen MR) is 104 cm³/mol. The third kappa shape index (κ3) is 3.29. The van der Waals surface area contributed by atoms with Crippen LogP contribution in [0.25, 0.3) is 11.0 Å². The maximum Gasteiger partial charge on any atom is 0.318 e. The van der Waals surface area contributed by atoms with Gasteiger partial charge in [0.15, 0.2) is 0 Å². The molecule has 1 saturated heterocycles. The molecule has 3 heterocycles. The Morgan fingerprint density at radius 3 is 2.96 bits per heavy atom. The zero-order valence-electron chi connectivity index (χ0n) is 16.1. The molecule has 1 fully saturated rings. The van der Waals surface area contributed by atoms with E-state index >= 15 is 0 Å². The van der Waals surface area contributed by atoms with Crippen molar-refractivity contribution in [3.05, 3.63) is 47.0 Å². The summed E-state index contributed by atoms with van der Waals surface area (Å²) in [6.45, 7) is 8.16. The number of nitrogens with one attached hydrogen (secondary N) is 2. The number of benzene rings is 1. The van der Waals surface area contributed by atoms with Gasteiger partial charge in [0.25, 0.3) is 0 Å². The summed E-state index contributed by atoms with van der Waals surface area (Å²) in [6, 6.07) is 6.07. The van der Waals surface area contributed by atoms with Crippen LogP contribution >= 0.6 is 0 Å². The number of rotatable bonds is 4. The first-order valence-electron chi connectivity index (χ1n) is 9.59. The van der Waals surface area contributed by atoms with Crippen molar-refractivity contribution in [2.75, 3.05) is 6.54 Å². The second-order valence-electron chi connectivity index (χ2n) is 7.20. The molecule has 0 saturated carbocycles. The maximum absolute atomic E-state index is 12.8. The van der Waals surface area contributed by atoms with E-state index < -0.39 is 0 Å². The zero-order chi connectivity index (χ0) is 19.0. The third-order valence-electron chi connectivity index (χ3n) is 5.36. The van der Waals surface area contributed by atoms with E-state index in [2.05, 4.69) is 35.3 Å². The average Bonchev–Trinajstić information content (AvgIpc) is 3.37. The summed E-state index contributed by atoms with van der Waals surface area (Å²) < 4.78 is 1.90. The fourth-order valence-corrected chi connectivity index (χ4v) is 3.81. The standard InChI is InChI=1S/C20H26N6O/c1-4-25-12-15(14(3)24-25)11-21-20(27)26-10-6-9-17(26)19-22-16-8-5-7-13(2)18(16)23-19/h5,7-8,12,17H,4,6,9-11H2,1-3H3,(H,21,27)(H,22,23)/t17-/m1/s1. The first-order valence-corrected chi connectivity index (χ1v) is 9.59. The van der Waals surface area contributed by atoms with Crippen LogP contribution in [0.15, 0.2) is 24.4 Å². The Hall–Kier alpha value is -2.83. The van der Waals surface area contributed by atoms with Crippen LogP contribution in [0.5, 0.6) is 0 Å². The highest BCUT2D eigenvalue weighted by atomic mass is 16.2. The van der Waals surface area contributed by atoms with Crippen LogP contribution in [0.4, 0.5) is 4.79 Å². The zero-order valence-corrected chi connectivity index (χ0v) is 16.1. The lowest BCUT2D eigenvalue weighted by atomic mass is 10.2. The monoisotopic (exact) mass is 366 g/mol. The first-order chi connectivity index (χ1) is 13.1. The smallest absolute Gasteiger partial charge is 0.318 e. The number of hydrogen-bond donors (Lipinski definition) is 2. The Balaban J connectivity index is 1.49. The number of fused-ring (bicyclic) bond motifs is 1. The van der Waals surface area contributed by atoms with E-state index in [1.54, 1.807) is 0 Å². The van der Waals surface area contributed by atoms with Gasteiger partial charge in [0, 0.05) is 31.4 Å². The van der Waals surface area contributed by atoms with E-state index in [0.717, 1.165) is 59.6 Å². The number of H-pyrrole nitrogens is 1. The van der Waals surface area contributed by atoms with Crippen molar-refractivity contribution in [2.24, 2.45) is 0 Å². The van der Waals surface area contributed by atoms with Gasteiger partial charge in [-0.05, 0) is 45.2 Å². The Kier molecular flexibility index (Phi) is 4.59. The molecule has 1 aliphatic rings. The number of amides is 2. The van der Waals surface area contributed by atoms with E-state index in [1.165, 1.54) is 0 Å². The van der Waals surface area contributed by atoms with Gasteiger partial charge in [0.05, 0.1) is 22.8 Å². The number of aromatic nitrogens is 4. The second-order valence-corrected chi connectivity index (χ2v) is 7.20. The fourth-order valence-electron chi connectivity index (χ4n) is 3.81. The first kappa shape index (κ1) is 17.6. The van der Waals surface area contributed by atoms with Crippen molar-refractivity contribution in [3.63, 3.8) is 0 Å². The number of aryl methyl sites for hydroxylation is 3. The minimum Gasteiger partial charge on any atom is -0.340 e. The minimum atomic E-state index is -0.0432. The van der Waals surface area contributed by atoms with E-state index in [4.69, 9.17) is 4.98 Å². The molecule has 1 atom stereocenters. The summed E-state index contributed by atoms with van der Waals surface area (Å²) >= 11 is 0. The minimum absolute atomic E-state index is 0.00346. The number of carbonyl (C=O) groups excluding carboxylic acids is 1. The number of para-hydroxylation sites is 1.